The van der Waals surface area contributed by atoms with Crippen molar-refractivity contribution in [3.8, 4) is 11.5 Å². The number of halogens is 1. The molecule has 2 N–H and O–H groups in total. The van der Waals surface area contributed by atoms with E-state index in [2.05, 4.69) is 15.9 Å². The minimum atomic E-state index is -0.457. The van der Waals surface area contributed by atoms with Gasteiger partial charge in [-0.2, -0.15) is 0 Å². The van der Waals surface area contributed by atoms with Crippen LogP contribution in [-0.4, -0.2) is 4.92 Å². The molecule has 2 aromatic rings. The van der Waals surface area contributed by atoms with Gasteiger partial charge in [-0.3, -0.25) is 10.1 Å². The van der Waals surface area contributed by atoms with Gasteiger partial charge in [0.05, 0.1) is 15.5 Å². The van der Waals surface area contributed by atoms with Crippen LogP contribution in [0.3, 0.4) is 0 Å². The molecule has 2 rings (SSSR count). The molecule has 0 heterocycles. The molecule has 0 saturated heterocycles. The Morgan fingerprint density at radius 2 is 2.05 bits per heavy atom. The van der Waals surface area contributed by atoms with Crippen molar-refractivity contribution in [3.05, 3.63) is 62.6 Å². The molecule has 0 aliphatic rings. The minimum absolute atomic E-state index is 0.00850. The standard InChI is InChI=1S/C14H13BrN2O3/c1-9(16)10-5-6-14(13(15)7-10)20-12-4-2-3-11(8-12)17(18)19/h2-9H,16H2,1H3/t9-/m0/s1. The number of nitrogens with zero attached hydrogens (tertiary/aromatic N) is 1. The highest BCUT2D eigenvalue weighted by Crippen LogP contribution is 2.32. The van der Waals surface area contributed by atoms with Crippen molar-refractivity contribution in [3.63, 3.8) is 0 Å². The van der Waals surface area contributed by atoms with Gasteiger partial charge >= 0.3 is 0 Å². The third-order valence-electron chi connectivity index (χ3n) is 2.74. The number of benzene rings is 2. The zero-order valence-electron chi connectivity index (χ0n) is 10.7. The summed E-state index contributed by atoms with van der Waals surface area (Å²) in [5.74, 6) is 0.989. The summed E-state index contributed by atoms with van der Waals surface area (Å²) < 4.78 is 6.39. The van der Waals surface area contributed by atoms with Crippen molar-refractivity contribution >= 4 is 21.6 Å². The van der Waals surface area contributed by atoms with Crippen LogP contribution in [0.15, 0.2) is 46.9 Å². The molecule has 0 spiro atoms. The lowest BCUT2D eigenvalue weighted by molar-refractivity contribution is -0.384. The van der Waals surface area contributed by atoms with E-state index >= 15 is 0 Å². The Bertz CT molecular complexity index is 644. The molecular formula is C14H13BrN2O3. The summed E-state index contributed by atoms with van der Waals surface area (Å²) in [6, 6.07) is 11.5. The average Bonchev–Trinajstić information content (AvgIpc) is 2.41. The van der Waals surface area contributed by atoms with Crippen molar-refractivity contribution in [1.82, 2.24) is 0 Å². The predicted molar refractivity (Wildman–Crippen MR) is 79.9 cm³/mol. The van der Waals surface area contributed by atoms with E-state index in [-0.39, 0.29) is 11.7 Å². The van der Waals surface area contributed by atoms with Crippen LogP contribution in [0, 0.1) is 10.1 Å². The summed E-state index contributed by atoms with van der Waals surface area (Å²) in [5.41, 5.74) is 6.77. The molecule has 104 valence electrons. The summed E-state index contributed by atoms with van der Waals surface area (Å²) in [6.07, 6.45) is 0. The zero-order valence-corrected chi connectivity index (χ0v) is 12.3. The largest absolute Gasteiger partial charge is 0.456 e. The molecule has 6 heteroatoms. The highest BCUT2D eigenvalue weighted by molar-refractivity contribution is 9.10. The van der Waals surface area contributed by atoms with Crippen LogP contribution in [0.25, 0.3) is 0 Å². The van der Waals surface area contributed by atoms with E-state index in [0.717, 1.165) is 10.0 Å². The maximum absolute atomic E-state index is 10.7. The highest BCUT2D eigenvalue weighted by Gasteiger charge is 2.10. The van der Waals surface area contributed by atoms with Crippen LogP contribution in [0.4, 0.5) is 5.69 Å². The Morgan fingerprint density at radius 1 is 1.30 bits per heavy atom. The molecule has 0 aliphatic carbocycles. The van der Waals surface area contributed by atoms with E-state index in [4.69, 9.17) is 10.5 Å². The molecule has 5 nitrogen and oxygen atoms in total. The molecule has 0 saturated carbocycles. The third kappa shape index (κ3) is 3.34. The molecule has 0 aliphatic heterocycles. The number of rotatable bonds is 4. The number of hydrogen-bond donors (Lipinski definition) is 1. The number of nitrogens with two attached hydrogens (primary N) is 1. The van der Waals surface area contributed by atoms with Gasteiger partial charge in [-0.25, -0.2) is 0 Å². The van der Waals surface area contributed by atoms with Crippen LogP contribution in [0.1, 0.15) is 18.5 Å². The van der Waals surface area contributed by atoms with Crippen LogP contribution in [0.2, 0.25) is 0 Å². The monoisotopic (exact) mass is 336 g/mol. The molecule has 0 bridgehead atoms. The van der Waals surface area contributed by atoms with Gasteiger partial charge in [0, 0.05) is 12.1 Å². The summed E-state index contributed by atoms with van der Waals surface area (Å²) >= 11 is 3.41. The molecule has 0 unspecified atom stereocenters. The number of nitro benzene ring substituents is 1. The summed E-state index contributed by atoms with van der Waals surface area (Å²) in [7, 11) is 0. The fraction of sp³-hybridized carbons (Fsp3) is 0.143. The number of nitro groups is 1. The van der Waals surface area contributed by atoms with E-state index in [9.17, 15) is 10.1 Å². The second-order valence-electron chi connectivity index (χ2n) is 4.34. The molecule has 0 aromatic heterocycles. The van der Waals surface area contributed by atoms with Crippen LogP contribution in [0.5, 0.6) is 11.5 Å². The van der Waals surface area contributed by atoms with E-state index in [1.165, 1.54) is 12.1 Å². The topological polar surface area (TPSA) is 78.4 Å². The molecule has 2 aromatic carbocycles. The maximum atomic E-state index is 10.7. The molecular weight excluding hydrogens is 324 g/mol. The molecule has 0 radical (unpaired) electrons. The zero-order chi connectivity index (χ0) is 14.7. The van der Waals surface area contributed by atoms with Gasteiger partial charge < -0.3 is 10.5 Å². The second-order valence-corrected chi connectivity index (χ2v) is 5.19. The molecule has 0 fully saturated rings. The predicted octanol–water partition coefficient (Wildman–Crippen LogP) is 4.17. The fourth-order valence-electron chi connectivity index (χ4n) is 1.67. The van der Waals surface area contributed by atoms with Gasteiger partial charge in [0.15, 0.2) is 0 Å². The van der Waals surface area contributed by atoms with Crippen LogP contribution in [-0.2, 0) is 0 Å². The smallest absolute Gasteiger partial charge is 0.273 e. The maximum Gasteiger partial charge on any atom is 0.273 e. The van der Waals surface area contributed by atoms with E-state index < -0.39 is 4.92 Å². The summed E-state index contributed by atoms with van der Waals surface area (Å²) in [4.78, 5) is 10.3. The highest BCUT2D eigenvalue weighted by atomic mass is 79.9. The number of ether oxygens (including phenoxy) is 1. The fourth-order valence-corrected chi connectivity index (χ4v) is 2.15. The first-order valence-corrected chi connectivity index (χ1v) is 6.74. The van der Waals surface area contributed by atoms with Gasteiger partial charge in [-0.05, 0) is 46.6 Å². The minimum Gasteiger partial charge on any atom is -0.456 e. The van der Waals surface area contributed by atoms with E-state index in [1.807, 2.05) is 19.1 Å². The van der Waals surface area contributed by atoms with Crippen LogP contribution >= 0.6 is 15.9 Å². The normalized spacial score (nSPS) is 11.9. The summed E-state index contributed by atoms with van der Waals surface area (Å²) in [5, 5.41) is 10.7. The second kappa shape index (κ2) is 6.02. The number of non-ortho nitro benzene ring substituents is 1. The van der Waals surface area contributed by atoms with E-state index in [0.29, 0.717) is 11.5 Å². The van der Waals surface area contributed by atoms with Crippen molar-refractivity contribution < 1.29 is 9.66 Å². The number of hydrogen-bond acceptors (Lipinski definition) is 4. The van der Waals surface area contributed by atoms with Crippen molar-refractivity contribution in [2.45, 2.75) is 13.0 Å². The Morgan fingerprint density at radius 3 is 2.65 bits per heavy atom. The van der Waals surface area contributed by atoms with Gasteiger partial charge in [0.25, 0.3) is 5.69 Å². The average molecular weight is 337 g/mol. The van der Waals surface area contributed by atoms with Crippen molar-refractivity contribution in [2.24, 2.45) is 5.73 Å². The lowest BCUT2D eigenvalue weighted by Gasteiger charge is -2.11. The van der Waals surface area contributed by atoms with Gasteiger partial charge in [-0.15, -0.1) is 0 Å². The first-order chi connectivity index (χ1) is 9.47. The Labute approximate surface area is 124 Å². The van der Waals surface area contributed by atoms with E-state index in [1.54, 1.807) is 18.2 Å². The quantitative estimate of drug-likeness (QED) is 0.671. The third-order valence-corrected chi connectivity index (χ3v) is 3.36. The Kier molecular flexibility index (Phi) is 4.36. The van der Waals surface area contributed by atoms with Gasteiger partial charge in [0.2, 0.25) is 0 Å². The van der Waals surface area contributed by atoms with Crippen molar-refractivity contribution in [2.75, 3.05) is 0 Å². The Balaban J connectivity index is 2.26. The Hall–Kier alpha value is -1.92. The lowest BCUT2D eigenvalue weighted by atomic mass is 10.1. The van der Waals surface area contributed by atoms with Crippen molar-refractivity contribution in [1.29, 1.82) is 0 Å². The summed E-state index contributed by atoms with van der Waals surface area (Å²) in [6.45, 7) is 1.89. The SMILES string of the molecule is C[C@H](N)c1ccc(Oc2cccc([N+](=O)[O-])c2)c(Br)c1. The molecule has 20 heavy (non-hydrogen) atoms. The molecule has 1 atom stereocenters. The lowest BCUT2D eigenvalue weighted by Crippen LogP contribution is -2.04. The van der Waals surface area contributed by atoms with Gasteiger partial charge in [-0.1, -0.05) is 12.1 Å². The first kappa shape index (κ1) is 14.5. The molecule has 0 amide bonds. The van der Waals surface area contributed by atoms with Gasteiger partial charge in [0.1, 0.15) is 11.5 Å². The van der Waals surface area contributed by atoms with Crippen LogP contribution < -0.4 is 10.5 Å². The first-order valence-electron chi connectivity index (χ1n) is 5.94.